The van der Waals surface area contributed by atoms with Crippen molar-refractivity contribution in [2.45, 2.75) is 49.8 Å². The Bertz CT molecular complexity index is 653. The van der Waals surface area contributed by atoms with E-state index in [1.54, 1.807) is 0 Å². The first-order valence-electron chi connectivity index (χ1n) is 7.58. The Morgan fingerprint density at radius 1 is 1.27 bits per heavy atom. The van der Waals surface area contributed by atoms with Gasteiger partial charge in [-0.05, 0) is 26.8 Å². The maximum Gasteiger partial charge on any atom is 0.303 e. The topological polar surface area (TPSA) is 72.4 Å². The molecule has 26 heavy (non-hydrogen) atoms. The molecule has 0 spiro atoms. The van der Waals surface area contributed by atoms with Gasteiger partial charge >= 0.3 is 5.97 Å². The molecule has 2 unspecified atom stereocenters. The quantitative estimate of drug-likeness (QED) is 0.515. The molecule has 1 rings (SSSR count). The van der Waals surface area contributed by atoms with Crippen molar-refractivity contribution in [1.82, 2.24) is 4.72 Å². The average Bonchev–Trinajstić information content (AvgIpc) is 2.52. The van der Waals surface area contributed by atoms with E-state index in [0.29, 0.717) is 6.07 Å². The summed E-state index contributed by atoms with van der Waals surface area (Å²) in [7, 11) is 0. The first-order chi connectivity index (χ1) is 11.8. The van der Waals surface area contributed by atoms with Gasteiger partial charge in [0.25, 0.3) is 5.92 Å². The van der Waals surface area contributed by atoms with Crippen molar-refractivity contribution in [3.05, 3.63) is 35.4 Å². The number of hydrogen-bond donors (Lipinski definition) is 2. The number of rotatable bonds is 8. The van der Waals surface area contributed by atoms with Crippen LogP contribution in [-0.2, 0) is 21.7 Å². The molecule has 0 amide bonds. The first-order valence-corrected chi connectivity index (χ1v) is 8.73. The molecule has 0 radical (unpaired) electrons. The predicted molar refractivity (Wildman–Crippen MR) is 86.9 cm³/mol. The van der Waals surface area contributed by atoms with Gasteiger partial charge in [-0.2, -0.15) is 0 Å². The van der Waals surface area contributed by atoms with Gasteiger partial charge in [-0.1, -0.05) is 12.1 Å². The van der Waals surface area contributed by atoms with Crippen LogP contribution in [0.4, 0.5) is 22.0 Å². The van der Waals surface area contributed by atoms with Gasteiger partial charge in [0.1, 0.15) is 11.4 Å². The summed E-state index contributed by atoms with van der Waals surface area (Å²) in [5, 5.41) is 8.65. The normalized spacial score (nSPS) is 16.2. The van der Waals surface area contributed by atoms with Crippen LogP contribution in [0.25, 0.3) is 0 Å². The highest BCUT2D eigenvalue weighted by atomic mass is 32.2. The summed E-state index contributed by atoms with van der Waals surface area (Å²) in [4.78, 5) is 10.7. The van der Waals surface area contributed by atoms with Gasteiger partial charge in [0.15, 0.2) is 17.2 Å². The Morgan fingerprint density at radius 3 is 2.31 bits per heavy atom. The van der Waals surface area contributed by atoms with Crippen LogP contribution in [0.2, 0.25) is 0 Å². The molecule has 0 saturated heterocycles. The van der Waals surface area contributed by atoms with E-state index in [4.69, 9.17) is 5.11 Å². The van der Waals surface area contributed by atoms with Crippen molar-refractivity contribution in [3.8, 4) is 0 Å². The first kappa shape index (κ1) is 22.7. The van der Waals surface area contributed by atoms with Crippen LogP contribution in [0.3, 0.4) is 0 Å². The number of carboxylic acids is 1. The lowest BCUT2D eigenvalue weighted by Gasteiger charge is -2.40. The molecular formula is C16H20F5NO3S. The van der Waals surface area contributed by atoms with E-state index >= 15 is 0 Å². The van der Waals surface area contributed by atoms with E-state index in [2.05, 4.69) is 0 Å². The van der Waals surface area contributed by atoms with Gasteiger partial charge in [-0.3, -0.25) is 4.79 Å². The third-order valence-electron chi connectivity index (χ3n) is 3.71. The summed E-state index contributed by atoms with van der Waals surface area (Å²) in [5.41, 5.74) is -4.26. The fourth-order valence-corrected chi connectivity index (χ4v) is 3.08. The van der Waals surface area contributed by atoms with Crippen LogP contribution >= 0.6 is 0 Å². The monoisotopic (exact) mass is 401 g/mol. The highest BCUT2D eigenvalue weighted by Gasteiger charge is 2.60. The van der Waals surface area contributed by atoms with Crippen LogP contribution in [0, 0.1) is 11.6 Å². The zero-order chi connectivity index (χ0) is 20.3. The van der Waals surface area contributed by atoms with Crippen LogP contribution in [0.1, 0.15) is 39.2 Å². The highest BCUT2D eigenvalue weighted by molar-refractivity contribution is 7.90. The Balaban J connectivity index is 3.57. The minimum atomic E-state index is -4.18. The number of alkyl halides is 3. The van der Waals surface area contributed by atoms with E-state index in [0.717, 1.165) is 12.1 Å². The molecule has 0 aliphatic heterocycles. The molecule has 10 heteroatoms. The van der Waals surface area contributed by atoms with E-state index in [1.807, 2.05) is 4.72 Å². The zero-order valence-electron chi connectivity index (χ0n) is 14.4. The molecule has 0 aliphatic rings. The third kappa shape index (κ3) is 4.66. The summed E-state index contributed by atoms with van der Waals surface area (Å²) < 4.78 is 84.6. The smallest absolute Gasteiger partial charge is 0.303 e. The third-order valence-corrected chi connectivity index (χ3v) is 5.36. The van der Waals surface area contributed by atoms with Crippen LogP contribution < -0.4 is 4.72 Å². The van der Waals surface area contributed by atoms with Crippen molar-refractivity contribution >= 4 is 17.3 Å². The fraction of sp³-hybridized carbons (Fsp3) is 0.562. The number of nitrogens with one attached hydrogen (secondary N) is 1. The second kappa shape index (κ2) is 8.10. The molecule has 0 saturated carbocycles. The molecule has 2 N–H and O–H groups in total. The Kier molecular flexibility index (Phi) is 7.05. The van der Waals surface area contributed by atoms with E-state index in [9.17, 15) is 31.3 Å². The van der Waals surface area contributed by atoms with Gasteiger partial charge in [-0.15, -0.1) is 4.72 Å². The number of hydrogen-bond acceptors (Lipinski definition) is 3. The Labute approximate surface area is 151 Å². The Hall–Kier alpha value is -1.39. The van der Waals surface area contributed by atoms with Crippen molar-refractivity contribution in [3.63, 3.8) is 0 Å². The lowest BCUT2D eigenvalue weighted by molar-refractivity contribution is -0.143. The van der Waals surface area contributed by atoms with Gasteiger partial charge in [-0.25, -0.2) is 22.0 Å². The van der Waals surface area contributed by atoms with E-state index in [-0.39, 0.29) is 0 Å². The summed E-state index contributed by atoms with van der Waals surface area (Å²) in [6.07, 6.45) is -2.41. The van der Waals surface area contributed by atoms with Crippen molar-refractivity contribution in [1.29, 1.82) is 0 Å². The molecule has 1 aromatic rings. The number of halogens is 5. The molecule has 148 valence electrons. The second-order valence-electron chi connectivity index (χ2n) is 6.72. The largest absolute Gasteiger partial charge is 0.598 e. The molecular weight excluding hydrogens is 381 g/mol. The van der Waals surface area contributed by atoms with Crippen LogP contribution in [0.15, 0.2) is 18.2 Å². The lowest BCUT2D eigenvalue weighted by atomic mass is 9.83. The molecule has 4 nitrogen and oxygen atoms in total. The number of benzene rings is 1. The zero-order valence-corrected chi connectivity index (χ0v) is 15.2. The maximum absolute atomic E-state index is 14.9. The summed E-state index contributed by atoms with van der Waals surface area (Å²) >= 11 is -2.29. The van der Waals surface area contributed by atoms with Crippen molar-refractivity contribution in [2.75, 3.05) is 6.67 Å². The predicted octanol–water partition coefficient (Wildman–Crippen LogP) is 3.68. The van der Waals surface area contributed by atoms with Crippen molar-refractivity contribution in [2.24, 2.45) is 0 Å². The molecule has 0 fully saturated rings. The molecule has 0 bridgehead atoms. The van der Waals surface area contributed by atoms with Gasteiger partial charge in [0.05, 0.1) is 6.42 Å². The SMILES string of the molecule is CC(C)(C)[S+]([O-])NC(CF)(c1cccc(F)c1F)C(F)(F)CCC(=O)O. The number of aliphatic carboxylic acids is 1. The van der Waals surface area contributed by atoms with E-state index < -0.39 is 70.3 Å². The molecule has 0 aliphatic carbocycles. The van der Waals surface area contributed by atoms with Gasteiger partial charge < -0.3 is 9.66 Å². The molecule has 2 atom stereocenters. The summed E-state index contributed by atoms with van der Waals surface area (Å²) in [6, 6.07) is 2.32. The van der Waals surface area contributed by atoms with Crippen LogP contribution in [0.5, 0.6) is 0 Å². The second-order valence-corrected chi connectivity index (χ2v) is 8.69. The number of carbonyl (C=O) groups is 1. The summed E-state index contributed by atoms with van der Waals surface area (Å²) in [5.74, 6) is -8.97. The highest BCUT2D eigenvalue weighted by Crippen LogP contribution is 2.44. The van der Waals surface area contributed by atoms with Gasteiger partial charge in [0.2, 0.25) is 0 Å². The minimum Gasteiger partial charge on any atom is -0.598 e. The Morgan fingerprint density at radius 2 is 1.85 bits per heavy atom. The lowest BCUT2D eigenvalue weighted by Crippen LogP contribution is -2.62. The van der Waals surface area contributed by atoms with Crippen molar-refractivity contribution < 1.29 is 36.4 Å². The average molecular weight is 401 g/mol. The minimum absolute atomic E-state index is 0.665. The molecule has 0 aromatic heterocycles. The van der Waals surface area contributed by atoms with Crippen LogP contribution in [-0.4, -0.2) is 33.0 Å². The van der Waals surface area contributed by atoms with Gasteiger partial charge in [0, 0.05) is 23.3 Å². The standard InChI is InChI=1S/C16H20F5NO3S/c1-14(2,3)26(25)22-15(9-17,16(20,21)8-7-12(23)24)10-5-4-6-11(18)13(10)19/h4-6,22H,7-9H2,1-3H3,(H,23,24). The van der Waals surface area contributed by atoms with E-state index in [1.165, 1.54) is 20.8 Å². The fourth-order valence-electron chi connectivity index (χ4n) is 2.15. The summed E-state index contributed by atoms with van der Waals surface area (Å²) in [6.45, 7) is 2.30. The molecule has 1 aromatic carbocycles. The maximum atomic E-state index is 14.9. The number of carboxylic acid groups (broad SMARTS) is 1. The molecule has 0 heterocycles.